The van der Waals surface area contributed by atoms with Crippen molar-refractivity contribution in [3.8, 4) is 0 Å². The molecule has 4 aliphatic rings. The van der Waals surface area contributed by atoms with Crippen LogP contribution in [0.2, 0.25) is 0 Å². The molecule has 4 saturated carbocycles. The molecule has 0 aromatic carbocycles. The second kappa shape index (κ2) is 12.3. The van der Waals surface area contributed by atoms with Gasteiger partial charge >= 0.3 is 27.5 Å². The molecule has 0 amide bonds. The lowest BCUT2D eigenvalue weighted by molar-refractivity contribution is -0.259. The zero-order chi connectivity index (χ0) is 32.9. The first-order valence-electron chi connectivity index (χ1n) is 15.1. The minimum Gasteiger partial charge on any atom is -0.465 e. The van der Waals surface area contributed by atoms with Crippen molar-refractivity contribution in [3.05, 3.63) is 0 Å². The van der Waals surface area contributed by atoms with E-state index < -0.39 is 40.0 Å². The standard InChI is InChI=1S/C29H41F5O9S/c1-16(4-7-24(37)43-25(28(30,31)32)29(33,34)44(38,39)40)19-5-6-20-18-13-23(42-15-36)22-12-17(41-14-35)8-10-27(22,3)21(18)9-11-26(19,20)2/h14-23,25H,4-13H2,1-3H3,(H,38,39,40)/t16-,17-,18+,19-,20+,21+,22?,23+,25?,26-,27-/m1/s1. The Morgan fingerprint density at radius 2 is 1.55 bits per heavy atom. The molecule has 0 aliphatic heterocycles. The number of hydrogen-bond acceptors (Lipinski definition) is 8. The minimum absolute atomic E-state index is 0.0384. The summed E-state index contributed by atoms with van der Waals surface area (Å²) in [6.45, 7) is 7.23. The van der Waals surface area contributed by atoms with Gasteiger partial charge < -0.3 is 14.2 Å². The van der Waals surface area contributed by atoms with Gasteiger partial charge in [-0.1, -0.05) is 20.8 Å². The zero-order valence-electron chi connectivity index (χ0n) is 24.9. The van der Waals surface area contributed by atoms with Crippen LogP contribution in [-0.4, -0.2) is 61.6 Å². The Morgan fingerprint density at radius 3 is 2.14 bits per heavy atom. The van der Waals surface area contributed by atoms with Crippen LogP contribution in [0.5, 0.6) is 0 Å². The summed E-state index contributed by atoms with van der Waals surface area (Å²) in [5.74, 6) is -0.823. The van der Waals surface area contributed by atoms with Crippen molar-refractivity contribution in [1.29, 1.82) is 0 Å². The highest BCUT2D eigenvalue weighted by molar-refractivity contribution is 7.86. The third kappa shape index (κ3) is 6.20. The van der Waals surface area contributed by atoms with E-state index in [4.69, 9.17) is 14.0 Å². The molecule has 0 saturated heterocycles. The van der Waals surface area contributed by atoms with E-state index in [1.165, 1.54) is 0 Å². The Balaban J connectivity index is 1.45. The van der Waals surface area contributed by atoms with Crippen molar-refractivity contribution in [2.24, 2.45) is 46.3 Å². The predicted octanol–water partition coefficient (Wildman–Crippen LogP) is 5.71. The van der Waals surface area contributed by atoms with Crippen molar-refractivity contribution >= 4 is 29.0 Å². The molecule has 4 rings (SSSR count). The quantitative estimate of drug-likeness (QED) is 0.0973. The fourth-order valence-electron chi connectivity index (χ4n) is 9.83. The lowest BCUT2D eigenvalue weighted by Gasteiger charge is -2.62. The van der Waals surface area contributed by atoms with Gasteiger partial charge in [-0.2, -0.15) is 30.4 Å². The molecular weight excluding hydrogens is 619 g/mol. The molecule has 0 radical (unpaired) electrons. The van der Waals surface area contributed by atoms with Crippen molar-refractivity contribution < 1.29 is 63.5 Å². The Labute approximate surface area is 253 Å². The molecule has 0 heterocycles. The molecule has 15 heteroatoms. The number of carbonyl (C=O) groups is 3. The van der Waals surface area contributed by atoms with Crippen LogP contribution in [0.1, 0.15) is 85.0 Å². The molecule has 44 heavy (non-hydrogen) atoms. The number of hydrogen-bond donors (Lipinski definition) is 1. The molecule has 11 atom stereocenters. The second-order valence-electron chi connectivity index (χ2n) is 13.8. The maximum atomic E-state index is 13.8. The number of fused-ring (bicyclic) bond motifs is 5. The highest BCUT2D eigenvalue weighted by Crippen LogP contribution is 2.68. The Morgan fingerprint density at radius 1 is 0.932 bits per heavy atom. The summed E-state index contributed by atoms with van der Waals surface area (Å²) in [6, 6.07) is 0. The largest absolute Gasteiger partial charge is 0.465 e. The molecule has 2 unspecified atom stereocenters. The van der Waals surface area contributed by atoms with Crippen LogP contribution in [-0.2, 0) is 38.7 Å². The molecule has 1 N–H and O–H groups in total. The first kappa shape index (κ1) is 34.8. The van der Waals surface area contributed by atoms with Crippen LogP contribution < -0.4 is 0 Å². The Kier molecular flexibility index (Phi) is 9.73. The molecule has 252 valence electrons. The number of carbonyl (C=O) groups excluding carboxylic acids is 3. The van der Waals surface area contributed by atoms with Gasteiger partial charge in [-0.15, -0.1) is 0 Å². The fraction of sp³-hybridized carbons (Fsp3) is 0.897. The van der Waals surface area contributed by atoms with Crippen molar-refractivity contribution in [1.82, 2.24) is 0 Å². The predicted molar refractivity (Wildman–Crippen MR) is 143 cm³/mol. The van der Waals surface area contributed by atoms with E-state index in [0.29, 0.717) is 31.7 Å². The summed E-state index contributed by atoms with van der Waals surface area (Å²) >= 11 is 0. The van der Waals surface area contributed by atoms with Gasteiger partial charge in [0.25, 0.3) is 19.0 Å². The number of esters is 1. The van der Waals surface area contributed by atoms with Gasteiger partial charge in [-0.25, -0.2) is 0 Å². The van der Waals surface area contributed by atoms with Crippen LogP contribution in [0, 0.1) is 46.3 Å². The summed E-state index contributed by atoms with van der Waals surface area (Å²) < 4.78 is 113. The summed E-state index contributed by atoms with van der Waals surface area (Å²) in [7, 11) is -6.51. The monoisotopic (exact) mass is 660 g/mol. The van der Waals surface area contributed by atoms with Crippen LogP contribution in [0.15, 0.2) is 0 Å². The number of ether oxygens (including phenoxy) is 3. The SMILES string of the molecule is C[C@H](CCC(=O)OC(C(F)(F)F)C(F)(F)S(=O)(=O)O)[C@H]1CC[C@H]2[C@@H]3C[C@H](OC=O)C4C[C@H](OC=O)CC[C@]4(C)[C@H]3CC[C@]12C. The fourth-order valence-corrected chi connectivity index (χ4v) is 10.3. The van der Waals surface area contributed by atoms with E-state index in [0.717, 1.165) is 38.5 Å². The van der Waals surface area contributed by atoms with Gasteiger partial charge in [0.05, 0.1) is 0 Å². The molecule has 4 fully saturated rings. The van der Waals surface area contributed by atoms with Gasteiger partial charge in [0, 0.05) is 12.3 Å². The lowest BCUT2D eigenvalue weighted by atomic mass is 9.43. The molecule has 0 aromatic rings. The van der Waals surface area contributed by atoms with E-state index in [9.17, 15) is 44.8 Å². The Hall–Kier alpha value is -2.03. The van der Waals surface area contributed by atoms with Crippen molar-refractivity contribution in [2.75, 3.05) is 0 Å². The number of rotatable bonds is 11. The smallest absolute Gasteiger partial charge is 0.432 e. The summed E-state index contributed by atoms with van der Waals surface area (Å²) in [5, 5.41) is -5.76. The topological polar surface area (TPSA) is 133 Å². The van der Waals surface area contributed by atoms with Gasteiger partial charge in [0.1, 0.15) is 12.2 Å². The van der Waals surface area contributed by atoms with E-state index in [1.807, 2.05) is 6.92 Å². The Bertz CT molecular complexity index is 1200. The molecule has 0 bridgehead atoms. The van der Waals surface area contributed by atoms with E-state index in [2.05, 4.69) is 18.6 Å². The highest BCUT2D eigenvalue weighted by atomic mass is 32.2. The molecule has 0 spiro atoms. The molecular formula is C29H41F5O9S. The summed E-state index contributed by atoms with van der Waals surface area (Å²) in [5.41, 5.74) is -0.295. The maximum Gasteiger partial charge on any atom is 0.432 e. The van der Waals surface area contributed by atoms with Gasteiger partial charge in [0.15, 0.2) is 0 Å². The van der Waals surface area contributed by atoms with Crippen LogP contribution in [0.3, 0.4) is 0 Å². The molecule has 9 nitrogen and oxygen atoms in total. The second-order valence-corrected chi connectivity index (χ2v) is 15.3. The summed E-state index contributed by atoms with van der Waals surface area (Å²) in [4.78, 5) is 34.8. The third-order valence-corrected chi connectivity index (χ3v) is 12.7. The van der Waals surface area contributed by atoms with Crippen LogP contribution in [0.4, 0.5) is 22.0 Å². The lowest BCUT2D eigenvalue weighted by Crippen LogP contribution is -2.59. The average Bonchev–Trinajstić information content (AvgIpc) is 3.27. The van der Waals surface area contributed by atoms with Crippen LogP contribution in [0.25, 0.3) is 0 Å². The summed E-state index contributed by atoms with van der Waals surface area (Å²) in [6.07, 6.45) is -5.10. The van der Waals surface area contributed by atoms with Gasteiger partial charge in [0.2, 0.25) is 0 Å². The van der Waals surface area contributed by atoms with E-state index >= 15 is 0 Å². The first-order valence-corrected chi connectivity index (χ1v) is 16.5. The highest BCUT2D eigenvalue weighted by Gasteiger charge is 2.66. The maximum absolute atomic E-state index is 13.8. The van der Waals surface area contributed by atoms with Gasteiger partial charge in [-0.05, 0) is 98.2 Å². The normalized spacial score (nSPS) is 38.7. The van der Waals surface area contributed by atoms with Gasteiger partial charge in [-0.3, -0.25) is 18.9 Å². The van der Waals surface area contributed by atoms with Crippen molar-refractivity contribution in [2.45, 2.75) is 115 Å². The number of halogens is 5. The third-order valence-electron chi connectivity index (χ3n) is 11.8. The number of alkyl halides is 5. The van der Waals surface area contributed by atoms with Crippen molar-refractivity contribution in [3.63, 3.8) is 0 Å². The molecule has 0 aromatic heterocycles. The van der Waals surface area contributed by atoms with E-state index in [1.54, 1.807) is 0 Å². The average molecular weight is 661 g/mol. The zero-order valence-corrected chi connectivity index (χ0v) is 25.7. The van der Waals surface area contributed by atoms with Crippen LogP contribution >= 0.6 is 0 Å². The van der Waals surface area contributed by atoms with E-state index in [-0.39, 0.29) is 59.0 Å². The minimum atomic E-state index is -6.51. The first-order chi connectivity index (χ1) is 20.3. The molecule has 4 aliphatic carbocycles.